The molecule has 1 atom stereocenters. The van der Waals surface area contributed by atoms with Crippen LogP contribution >= 0.6 is 23.1 Å². The van der Waals surface area contributed by atoms with Gasteiger partial charge in [0.05, 0.1) is 0 Å². The van der Waals surface area contributed by atoms with E-state index in [1.807, 2.05) is 52.0 Å². The summed E-state index contributed by atoms with van der Waals surface area (Å²) in [6.07, 6.45) is 0. The number of benzene rings is 2. The molecule has 30 heavy (non-hydrogen) atoms. The van der Waals surface area contributed by atoms with E-state index in [0.29, 0.717) is 16.3 Å². The molecule has 0 fully saturated rings. The maximum atomic E-state index is 13.5. The highest BCUT2D eigenvalue weighted by Crippen LogP contribution is 2.31. The van der Waals surface area contributed by atoms with Crippen LogP contribution in [0.15, 0.2) is 53.9 Å². The first kappa shape index (κ1) is 21.9. The average molecular weight is 443 g/mol. The third-order valence-corrected chi connectivity index (χ3v) is 5.06. The number of nitrogens with zero attached hydrogens (tertiary/aromatic N) is 3. The van der Waals surface area contributed by atoms with E-state index in [4.69, 9.17) is 11.6 Å². The Hall–Kier alpha value is -2.77. The lowest BCUT2D eigenvalue weighted by Gasteiger charge is -2.33. The van der Waals surface area contributed by atoms with E-state index in [2.05, 4.69) is 14.9 Å². The van der Waals surface area contributed by atoms with Crippen LogP contribution in [-0.2, 0) is 4.79 Å². The fraction of sp³-hybridized carbons (Fsp3) is 0.273. The van der Waals surface area contributed by atoms with Crippen molar-refractivity contribution in [3.8, 4) is 0 Å². The normalized spacial score (nSPS) is 12.3. The van der Waals surface area contributed by atoms with Crippen molar-refractivity contribution >= 4 is 40.6 Å². The summed E-state index contributed by atoms with van der Waals surface area (Å²) in [5.41, 5.74) is 1.98. The van der Waals surface area contributed by atoms with Crippen molar-refractivity contribution < 1.29 is 9.59 Å². The van der Waals surface area contributed by atoms with Crippen LogP contribution in [0.5, 0.6) is 0 Å². The topological polar surface area (TPSA) is 75.2 Å². The van der Waals surface area contributed by atoms with Crippen LogP contribution in [0.2, 0.25) is 5.02 Å². The molecule has 1 heterocycles. The van der Waals surface area contributed by atoms with Gasteiger partial charge in [-0.15, -0.1) is 5.10 Å². The zero-order valence-electron chi connectivity index (χ0n) is 17.2. The molecule has 8 heteroatoms. The number of aromatic nitrogens is 2. The number of anilines is 1. The molecule has 3 rings (SSSR count). The first-order valence-corrected chi connectivity index (χ1v) is 10.6. The minimum atomic E-state index is -0.903. The molecule has 2 aromatic carbocycles. The van der Waals surface area contributed by atoms with Gasteiger partial charge in [0.1, 0.15) is 6.04 Å². The molecule has 6 nitrogen and oxygen atoms in total. The summed E-state index contributed by atoms with van der Waals surface area (Å²) in [4.78, 5) is 28.3. The fourth-order valence-electron chi connectivity index (χ4n) is 2.97. The van der Waals surface area contributed by atoms with E-state index in [9.17, 15) is 9.59 Å². The third kappa shape index (κ3) is 5.23. The molecule has 1 aromatic heterocycles. The predicted molar refractivity (Wildman–Crippen MR) is 120 cm³/mol. The smallest absolute Gasteiger partial charge is 0.280 e. The number of halogens is 1. The lowest BCUT2D eigenvalue weighted by Crippen LogP contribution is -2.49. The fourth-order valence-corrected chi connectivity index (χ4v) is 3.53. The number of carbonyl (C=O) groups excluding carboxylic acids is 2. The molecular formula is C22H23ClN4O2S. The number of nitrogens with one attached hydrogen (secondary N) is 1. The van der Waals surface area contributed by atoms with Crippen LogP contribution in [0.25, 0.3) is 0 Å². The quantitative estimate of drug-likeness (QED) is 0.615. The highest BCUT2D eigenvalue weighted by Gasteiger charge is 2.35. The monoisotopic (exact) mass is 442 g/mol. The molecule has 0 aliphatic rings. The van der Waals surface area contributed by atoms with Gasteiger partial charge < -0.3 is 5.32 Å². The van der Waals surface area contributed by atoms with Gasteiger partial charge in [0.2, 0.25) is 5.91 Å². The molecule has 0 aliphatic carbocycles. The SMILES string of the molecule is Cc1ccc(C(C(=O)NC(C)(C)C)N(C(=O)c2csnn2)c2ccc(Cl)cc2)cc1. The first-order valence-electron chi connectivity index (χ1n) is 9.40. The number of carbonyl (C=O) groups is 2. The minimum absolute atomic E-state index is 0.177. The Kier molecular flexibility index (Phi) is 6.53. The molecule has 1 unspecified atom stereocenters. The zero-order valence-corrected chi connectivity index (χ0v) is 18.8. The predicted octanol–water partition coefficient (Wildman–Crippen LogP) is 4.80. The lowest BCUT2D eigenvalue weighted by molar-refractivity contribution is -0.123. The summed E-state index contributed by atoms with van der Waals surface area (Å²) in [5.74, 6) is -0.710. The Bertz CT molecular complexity index is 1010. The lowest BCUT2D eigenvalue weighted by atomic mass is 9.99. The van der Waals surface area contributed by atoms with E-state index in [-0.39, 0.29) is 11.6 Å². The summed E-state index contributed by atoms with van der Waals surface area (Å²) in [6.45, 7) is 7.67. The highest BCUT2D eigenvalue weighted by molar-refractivity contribution is 7.03. The van der Waals surface area contributed by atoms with E-state index in [1.54, 1.807) is 29.6 Å². The molecule has 156 valence electrons. The molecule has 0 radical (unpaired) electrons. The van der Waals surface area contributed by atoms with Gasteiger partial charge in [-0.25, -0.2) is 0 Å². The zero-order chi connectivity index (χ0) is 21.9. The van der Waals surface area contributed by atoms with Gasteiger partial charge in [-0.1, -0.05) is 45.9 Å². The molecule has 3 aromatic rings. The van der Waals surface area contributed by atoms with Crippen molar-refractivity contribution in [3.63, 3.8) is 0 Å². The van der Waals surface area contributed by atoms with Gasteiger partial charge in [-0.2, -0.15) is 0 Å². The molecule has 0 aliphatic heterocycles. The van der Waals surface area contributed by atoms with Crippen molar-refractivity contribution in [2.75, 3.05) is 4.90 Å². The van der Waals surface area contributed by atoms with Crippen LogP contribution in [0.3, 0.4) is 0 Å². The van der Waals surface area contributed by atoms with E-state index < -0.39 is 17.5 Å². The van der Waals surface area contributed by atoms with Crippen molar-refractivity contribution in [3.05, 3.63) is 75.8 Å². The second-order valence-corrected chi connectivity index (χ2v) is 9.04. The molecule has 0 saturated heterocycles. The van der Waals surface area contributed by atoms with Crippen LogP contribution < -0.4 is 10.2 Å². The highest BCUT2D eigenvalue weighted by atomic mass is 35.5. The third-order valence-electron chi connectivity index (χ3n) is 4.30. The van der Waals surface area contributed by atoms with Gasteiger partial charge in [-0.3, -0.25) is 14.5 Å². The largest absolute Gasteiger partial charge is 0.349 e. The average Bonchev–Trinajstić information content (AvgIpc) is 3.21. The van der Waals surface area contributed by atoms with E-state index in [1.165, 1.54) is 4.90 Å². The maximum absolute atomic E-state index is 13.5. The first-order chi connectivity index (χ1) is 14.2. The Morgan fingerprint density at radius 3 is 2.23 bits per heavy atom. The molecular weight excluding hydrogens is 420 g/mol. The summed E-state index contributed by atoms with van der Waals surface area (Å²) in [5, 5.41) is 9.03. The van der Waals surface area contributed by atoms with Gasteiger partial charge >= 0.3 is 0 Å². The van der Waals surface area contributed by atoms with Crippen molar-refractivity contribution in [2.24, 2.45) is 0 Å². The Balaban J connectivity index is 2.16. The van der Waals surface area contributed by atoms with Crippen LogP contribution in [0.1, 0.15) is 48.4 Å². The molecule has 0 saturated carbocycles. The minimum Gasteiger partial charge on any atom is -0.349 e. The molecule has 1 N–H and O–H groups in total. The van der Waals surface area contributed by atoms with Crippen LogP contribution in [0, 0.1) is 6.92 Å². The van der Waals surface area contributed by atoms with Gasteiger partial charge in [-0.05, 0) is 69.1 Å². The number of amides is 2. The summed E-state index contributed by atoms with van der Waals surface area (Å²) >= 11 is 7.14. The number of aryl methyl sites for hydroxylation is 1. The summed E-state index contributed by atoms with van der Waals surface area (Å²) in [7, 11) is 0. The van der Waals surface area contributed by atoms with Gasteiger partial charge in [0.15, 0.2) is 5.69 Å². The molecule has 0 spiro atoms. The number of hydrogen-bond donors (Lipinski definition) is 1. The van der Waals surface area contributed by atoms with Crippen molar-refractivity contribution in [1.29, 1.82) is 0 Å². The Morgan fingerprint density at radius 1 is 1.07 bits per heavy atom. The molecule has 2 amide bonds. The second kappa shape index (κ2) is 8.93. The second-order valence-electron chi connectivity index (χ2n) is 7.99. The number of hydrogen-bond acceptors (Lipinski definition) is 5. The van der Waals surface area contributed by atoms with E-state index >= 15 is 0 Å². The van der Waals surface area contributed by atoms with E-state index in [0.717, 1.165) is 17.1 Å². The van der Waals surface area contributed by atoms with Crippen molar-refractivity contribution in [2.45, 2.75) is 39.3 Å². The van der Waals surface area contributed by atoms with Crippen LogP contribution in [0.4, 0.5) is 5.69 Å². The van der Waals surface area contributed by atoms with Gasteiger partial charge in [0, 0.05) is 21.6 Å². The molecule has 0 bridgehead atoms. The number of rotatable bonds is 5. The van der Waals surface area contributed by atoms with Crippen molar-refractivity contribution in [1.82, 2.24) is 14.9 Å². The summed E-state index contributed by atoms with van der Waals surface area (Å²) in [6, 6.07) is 13.4. The summed E-state index contributed by atoms with van der Waals surface area (Å²) < 4.78 is 3.80. The standard InChI is InChI=1S/C22H23ClN4O2S/c1-14-5-7-15(8-6-14)19(20(28)24-22(2,3)4)27(17-11-9-16(23)10-12-17)21(29)18-13-30-26-25-18/h5-13,19H,1-4H3,(H,24,28). The maximum Gasteiger partial charge on any atom is 0.280 e. The Labute approximate surface area is 185 Å². The van der Waals surface area contributed by atoms with Crippen LogP contribution in [-0.4, -0.2) is 26.9 Å². The Morgan fingerprint density at radius 2 is 1.70 bits per heavy atom. The van der Waals surface area contributed by atoms with Gasteiger partial charge in [0.25, 0.3) is 5.91 Å².